The number of aryl methyl sites for hydroxylation is 1. The lowest BCUT2D eigenvalue weighted by molar-refractivity contribution is -0.136. The van der Waals surface area contributed by atoms with Gasteiger partial charge >= 0.3 is 5.97 Å². The van der Waals surface area contributed by atoms with Gasteiger partial charge in [0.1, 0.15) is 5.82 Å². The van der Waals surface area contributed by atoms with Crippen molar-refractivity contribution in [2.45, 2.75) is 26.3 Å². The van der Waals surface area contributed by atoms with Gasteiger partial charge in [-0.25, -0.2) is 4.39 Å². The molecule has 3 aromatic carbocycles. The standard InChI is InChI=1S/C26H24FN3O3.ClH/c1-2-18-15-20(11-12-21(18)22-5-3-4-6-23(22)27)26-29-25(30-33-26)19-9-7-17(8-10-19)16-28-14-13-24(31)32;/h3-12,15,28H,2,13-14,16H2,1H3,(H,31,32);1H. The van der Waals surface area contributed by atoms with Crippen molar-refractivity contribution in [1.82, 2.24) is 15.5 Å². The van der Waals surface area contributed by atoms with E-state index in [-0.39, 0.29) is 24.6 Å². The van der Waals surface area contributed by atoms with Crippen LogP contribution in [0.5, 0.6) is 0 Å². The highest BCUT2D eigenvalue weighted by molar-refractivity contribution is 5.85. The van der Waals surface area contributed by atoms with Crippen LogP contribution in [0.3, 0.4) is 0 Å². The van der Waals surface area contributed by atoms with Crippen molar-refractivity contribution in [1.29, 1.82) is 0 Å². The van der Waals surface area contributed by atoms with Gasteiger partial charge < -0.3 is 14.9 Å². The van der Waals surface area contributed by atoms with E-state index in [9.17, 15) is 9.18 Å². The first-order valence-corrected chi connectivity index (χ1v) is 10.8. The predicted octanol–water partition coefficient (Wildman–Crippen LogP) is 5.76. The minimum atomic E-state index is -0.821. The van der Waals surface area contributed by atoms with E-state index in [0.717, 1.165) is 34.2 Å². The number of carboxylic acids is 1. The molecular formula is C26H25ClFN3O3. The maximum absolute atomic E-state index is 14.3. The number of aliphatic carboxylic acids is 1. The lowest BCUT2D eigenvalue weighted by atomic mass is 9.95. The maximum atomic E-state index is 14.3. The molecule has 176 valence electrons. The lowest BCUT2D eigenvalue weighted by Crippen LogP contribution is -2.17. The number of halogens is 2. The number of aromatic nitrogens is 2. The van der Waals surface area contributed by atoms with Crippen molar-refractivity contribution in [3.63, 3.8) is 0 Å². The fraction of sp³-hybridized carbons (Fsp3) is 0.192. The van der Waals surface area contributed by atoms with E-state index in [1.165, 1.54) is 6.07 Å². The number of rotatable bonds is 9. The van der Waals surface area contributed by atoms with Gasteiger partial charge in [-0.2, -0.15) is 4.98 Å². The summed E-state index contributed by atoms with van der Waals surface area (Å²) in [6, 6.07) is 20.2. The van der Waals surface area contributed by atoms with Crippen LogP contribution < -0.4 is 5.32 Å². The molecule has 34 heavy (non-hydrogen) atoms. The second-order valence-electron chi connectivity index (χ2n) is 7.65. The third kappa shape index (κ3) is 5.87. The third-order valence-electron chi connectivity index (χ3n) is 5.38. The molecule has 0 saturated carbocycles. The smallest absolute Gasteiger partial charge is 0.304 e. The number of benzene rings is 3. The highest BCUT2D eigenvalue weighted by Crippen LogP contribution is 2.31. The molecule has 0 saturated heterocycles. The van der Waals surface area contributed by atoms with Gasteiger partial charge in [-0.3, -0.25) is 4.79 Å². The summed E-state index contributed by atoms with van der Waals surface area (Å²) in [7, 11) is 0. The number of nitrogens with one attached hydrogen (secondary N) is 1. The summed E-state index contributed by atoms with van der Waals surface area (Å²) in [5.74, 6) is -0.190. The zero-order valence-corrected chi connectivity index (χ0v) is 19.4. The molecular weight excluding hydrogens is 457 g/mol. The largest absolute Gasteiger partial charge is 0.481 e. The second kappa shape index (κ2) is 11.5. The zero-order chi connectivity index (χ0) is 23.2. The lowest BCUT2D eigenvalue weighted by Gasteiger charge is -2.10. The molecule has 0 spiro atoms. The molecule has 6 nitrogen and oxygen atoms in total. The Labute approximate surface area is 203 Å². The van der Waals surface area contributed by atoms with Crippen LogP contribution in [0.4, 0.5) is 4.39 Å². The number of nitrogens with zero attached hydrogens (tertiary/aromatic N) is 2. The Morgan fingerprint density at radius 2 is 1.76 bits per heavy atom. The molecule has 0 unspecified atom stereocenters. The van der Waals surface area contributed by atoms with Crippen LogP contribution in [0.1, 0.15) is 24.5 Å². The normalized spacial score (nSPS) is 10.6. The number of carbonyl (C=O) groups is 1. The van der Waals surface area contributed by atoms with Gasteiger partial charge in [0.15, 0.2) is 0 Å². The highest BCUT2D eigenvalue weighted by atomic mass is 35.5. The average molecular weight is 482 g/mol. The molecule has 0 aliphatic rings. The number of carboxylic acid groups (broad SMARTS) is 1. The molecule has 0 radical (unpaired) electrons. The Balaban J connectivity index is 0.00000324. The van der Waals surface area contributed by atoms with Crippen LogP contribution in [0, 0.1) is 5.82 Å². The van der Waals surface area contributed by atoms with Crippen LogP contribution in [0.2, 0.25) is 0 Å². The van der Waals surface area contributed by atoms with E-state index in [2.05, 4.69) is 15.5 Å². The van der Waals surface area contributed by atoms with Gasteiger partial charge in [0, 0.05) is 29.8 Å². The molecule has 0 aliphatic carbocycles. The summed E-state index contributed by atoms with van der Waals surface area (Å²) in [5.41, 5.74) is 5.06. The van der Waals surface area contributed by atoms with E-state index < -0.39 is 5.97 Å². The summed E-state index contributed by atoms with van der Waals surface area (Å²) < 4.78 is 19.8. The molecule has 4 rings (SSSR count). The average Bonchev–Trinajstić information content (AvgIpc) is 3.32. The van der Waals surface area contributed by atoms with E-state index >= 15 is 0 Å². The van der Waals surface area contributed by atoms with E-state index in [1.54, 1.807) is 12.1 Å². The first kappa shape index (κ1) is 25.1. The van der Waals surface area contributed by atoms with Gasteiger partial charge in [-0.1, -0.05) is 60.6 Å². The Bertz CT molecular complexity index is 1260. The van der Waals surface area contributed by atoms with Crippen molar-refractivity contribution in [3.05, 3.63) is 83.7 Å². The molecule has 0 aliphatic heterocycles. The molecule has 0 amide bonds. The predicted molar refractivity (Wildman–Crippen MR) is 131 cm³/mol. The fourth-order valence-corrected chi connectivity index (χ4v) is 3.62. The summed E-state index contributed by atoms with van der Waals surface area (Å²) in [4.78, 5) is 15.1. The summed E-state index contributed by atoms with van der Waals surface area (Å²) in [5, 5.41) is 15.9. The molecule has 0 fully saturated rings. The van der Waals surface area contributed by atoms with Crippen LogP contribution in [-0.4, -0.2) is 27.8 Å². The minimum Gasteiger partial charge on any atom is -0.481 e. The maximum Gasteiger partial charge on any atom is 0.304 e. The van der Waals surface area contributed by atoms with Gasteiger partial charge in [-0.05, 0) is 41.3 Å². The number of hydrogen-bond acceptors (Lipinski definition) is 5. The highest BCUT2D eigenvalue weighted by Gasteiger charge is 2.14. The van der Waals surface area contributed by atoms with Gasteiger partial charge in [0.05, 0.1) is 6.42 Å². The van der Waals surface area contributed by atoms with Crippen LogP contribution in [0.25, 0.3) is 34.0 Å². The topological polar surface area (TPSA) is 88.2 Å². The summed E-state index contributed by atoms with van der Waals surface area (Å²) in [6.45, 7) is 3.03. The quantitative estimate of drug-likeness (QED) is 0.295. The van der Waals surface area contributed by atoms with E-state index in [4.69, 9.17) is 9.63 Å². The van der Waals surface area contributed by atoms with Gasteiger partial charge in [0.25, 0.3) is 5.89 Å². The summed E-state index contributed by atoms with van der Waals surface area (Å²) in [6.07, 6.45) is 0.825. The molecule has 2 N–H and O–H groups in total. The van der Waals surface area contributed by atoms with Crippen LogP contribution >= 0.6 is 12.4 Å². The first-order valence-electron chi connectivity index (χ1n) is 10.8. The first-order chi connectivity index (χ1) is 16.0. The van der Waals surface area contributed by atoms with Crippen molar-refractivity contribution < 1.29 is 18.8 Å². The zero-order valence-electron chi connectivity index (χ0n) is 18.6. The van der Waals surface area contributed by atoms with Gasteiger partial charge in [-0.15, -0.1) is 12.4 Å². The van der Waals surface area contributed by atoms with E-state index in [0.29, 0.717) is 30.4 Å². The Morgan fingerprint density at radius 3 is 2.47 bits per heavy atom. The van der Waals surface area contributed by atoms with E-state index in [1.807, 2.05) is 55.5 Å². The van der Waals surface area contributed by atoms with Crippen LogP contribution in [0.15, 0.2) is 71.3 Å². The molecule has 1 heterocycles. The summed E-state index contributed by atoms with van der Waals surface area (Å²) >= 11 is 0. The molecule has 0 atom stereocenters. The fourth-order valence-electron chi connectivity index (χ4n) is 3.62. The Kier molecular flexibility index (Phi) is 8.51. The molecule has 1 aromatic heterocycles. The monoisotopic (exact) mass is 481 g/mol. The number of hydrogen-bond donors (Lipinski definition) is 2. The van der Waals surface area contributed by atoms with Crippen LogP contribution in [-0.2, 0) is 17.8 Å². The Hall–Kier alpha value is -3.55. The third-order valence-corrected chi connectivity index (χ3v) is 5.38. The SMILES string of the molecule is CCc1cc(-c2nc(-c3ccc(CNCCC(=O)O)cc3)no2)ccc1-c1ccccc1F.Cl. The van der Waals surface area contributed by atoms with Gasteiger partial charge in [0.2, 0.25) is 5.82 Å². The molecule has 0 bridgehead atoms. The molecule has 8 heteroatoms. The van der Waals surface area contributed by atoms with Crippen molar-refractivity contribution >= 4 is 18.4 Å². The molecule has 4 aromatic rings. The van der Waals surface area contributed by atoms with Crippen molar-refractivity contribution in [2.24, 2.45) is 0 Å². The second-order valence-corrected chi connectivity index (χ2v) is 7.65. The van der Waals surface area contributed by atoms with Crippen molar-refractivity contribution in [2.75, 3.05) is 6.54 Å². The Morgan fingerprint density at radius 1 is 1.03 bits per heavy atom. The van der Waals surface area contributed by atoms with Crippen molar-refractivity contribution in [3.8, 4) is 34.0 Å². The minimum absolute atomic E-state index is 0.